The molecule has 1 unspecified atom stereocenters. The number of carbonyl (C=O) groups is 1. The van der Waals surface area contributed by atoms with Gasteiger partial charge in [-0.25, -0.2) is 9.59 Å². The Morgan fingerprint density at radius 2 is 1.88 bits per heavy atom. The highest BCUT2D eigenvalue weighted by Gasteiger charge is 2.67. The SMILES string of the molecule is CCN(C(=O)O)C1CC[C@@]2(C)[C@H](CC[C@@H]3[C@@H]2CC[C@]2(C)[C@@H](c4ccc(=O)oc4)CC[C@]32O)C1. The molecular weight excluding hydrogens is 418 g/mol. The van der Waals surface area contributed by atoms with Gasteiger partial charge in [-0.15, -0.1) is 0 Å². The first-order valence-corrected chi connectivity index (χ1v) is 12.9. The molecule has 8 atom stereocenters. The Hall–Kier alpha value is -1.82. The van der Waals surface area contributed by atoms with Gasteiger partial charge in [-0.3, -0.25) is 0 Å². The molecular formula is C27H39NO5. The van der Waals surface area contributed by atoms with Crippen LogP contribution in [0.25, 0.3) is 0 Å². The highest BCUT2D eigenvalue weighted by molar-refractivity contribution is 5.65. The van der Waals surface area contributed by atoms with Crippen molar-refractivity contribution in [3.05, 3.63) is 34.4 Å². The van der Waals surface area contributed by atoms with Gasteiger partial charge in [-0.2, -0.15) is 0 Å². The summed E-state index contributed by atoms with van der Waals surface area (Å²) in [5.41, 5.74) is -0.0200. The van der Waals surface area contributed by atoms with Gasteiger partial charge in [-0.05, 0) is 105 Å². The number of amides is 1. The van der Waals surface area contributed by atoms with Crippen molar-refractivity contribution >= 4 is 6.09 Å². The van der Waals surface area contributed by atoms with Crippen LogP contribution in [0.5, 0.6) is 0 Å². The minimum atomic E-state index is -0.795. The Morgan fingerprint density at radius 3 is 2.55 bits per heavy atom. The lowest BCUT2D eigenvalue weighted by molar-refractivity contribution is -0.203. The third-order valence-electron chi connectivity index (χ3n) is 11.0. The van der Waals surface area contributed by atoms with Crippen LogP contribution < -0.4 is 5.63 Å². The molecule has 33 heavy (non-hydrogen) atoms. The predicted octanol–water partition coefficient (Wildman–Crippen LogP) is 5.25. The molecule has 0 radical (unpaired) electrons. The molecule has 4 aliphatic rings. The van der Waals surface area contributed by atoms with Gasteiger partial charge in [0.05, 0.1) is 11.9 Å². The van der Waals surface area contributed by atoms with E-state index in [1.807, 2.05) is 13.0 Å². The van der Waals surface area contributed by atoms with Crippen molar-refractivity contribution < 1.29 is 19.4 Å². The van der Waals surface area contributed by atoms with Gasteiger partial charge in [0.25, 0.3) is 0 Å². The van der Waals surface area contributed by atoms with Gasteiger partial charge >= 0.3 is 11.7 Å². The van der Waals surface area contributed by atoms with Crippen LogP contribution in [-0.2, 0) is 0 Å². The van der Waals surface area contributed by atoms with Gasteiger partial charge in [0, 0.05) is 24.1 Å². The summed E-state index contributed by atoms with van der Waals surface area (Å²) in [7, 11) is 0. The topological polar surface area (TPSA) is 91.0 Å². The fraction of sp³-hybridized carbons (Fsp3) is 0.778. The van der Waals surface area contributed by atoms with E-state index in [1.54, 1.807) is 11.2 Å². The lowest BCUT2D eigenvalue weighted by Crippen LogP contribution is -2.62. The normalized spacial score (nSPS) is 44.4. The summed E-state index contributed by atoms with van der Waals surface area (Å²) in [6.07, 6.45) is 9.69. The molecule has 6 heteroatoms. The van der Waals surface area contributed by atoms with E-state index in [0.717, 1.165) is 63.4 Å². The first-order chi connectivity index (χ1) is 15.6. The third-order valence-corrected chi connectivity index (χ3v) is 11.0. The molecule has 5 rings (SSSR count). The van der Waals surface area contributed by atoms with Crippen LogP contribution in [-0.4, -0.2) is 39.4 Å². The molecule has 0 spiro atoms. The molecule has 0 saturated heterocycles. The second kappa shape index (κ2) is 7.86. The fourth-order valence-corrected chi connectivity index (χ4v) is 9.14. The fourth-order valence-electron chi connectivity index (χ4n) is 9.14. The van der Waals surface area contributed by atoms with E-state index >= 15 is 0 Å². The van der Waals surface area contributed by atoms with Gasteiger partial charge in [0.1, 0.15) is 0 Å². The number of carboxylic acid groups (broad SMARTS) is 1. The summed E-state index contributed by atoms with van der Waals surface area (Å²) in [6, 6.07) is 3.52. The summed E-state index contributed by atoms with van der Waals surface area (Å²) < 4.78 is 5.19. The average molecular weight is 458 g/mol. The molecule has 0 bridgehead atoms. The molecule has 2 N–H and O–H groups in total. The Labute approximate surface area is 196 Å². The number of aliphatic hydroxyl groups is 1. The van der Waals surface area contributed by atoms with E-state index in [9.17, 15) is 19.8 Å². The van der Waals surface area contributed by atoms with Crippen LogP contribution in [0.1, 0.15) is 90.0 Å². The molecule has 1 aromatic heterocycles. The molecule has 0 aromatic carbocycles. The van der Waals surface area contributed by atoms with Gasteiger partial charge in [0.15, 0.2) is 0 Å². The van der Waals surface area contributed by atoms with Gasteiger partial charge < -0.3 is 19.5 Å². The minimum Gasteiger partial charge on any atom is -0.465 e. The van der Waals surface area contributed by atoms with Crippen LogP contribution in [0.4, 0.5) is 4.79 Å². The molecule has 4 fully saturated rings. The molecule has 4 saturated carbocycles. The van der Waals surface area contributed by atoms with E-state index in [1.165, 1.54) is 6.07 Å². The van der Waals surface area contributed by atoms with Crippen molar-refractivity contribution in [3.63, 3.8) is 0 Å². The Bertz CT molecular complexity index is 955. The highest BCUT2D eigenvalue weighted by Crippen LogP contribution is 2.70. The number of rotatable bonds is 3. The summed E-state index contributed by atoms with van der Waals surface area (Å²) in [6.45, 7) is 7.19. The molecule has 1 aromatic rings. The molecule has 4 aliphatic carbocycles. The summed E-state index contributed by atoms with van der Waals surface area (Å²) in [4.78, 5) is 24.9. The summed E-state index contributed by atoms with van der Waals surface area (Å²) in [5, 5.41) is 22.0. The molecule has 1 amide bonds. The number of hydrogen-bond acceptors (Lipinski definition) is 4. The van der Waals surface area contributed by atoms with Crippen LogP contribution >= 0.6 is 0 Å². The maximum absolute atomic E-state index is 12.3. The number of nitrogens with zero attached hydrogens (tertiary/aromatic N) is 1. The highest BCUT2D eigenvalue weighted by atomic mass is 16.4. The monoisotopic (exact) mass is 457 g/mol. The van der Waals surface area contributed by atoms with Crippen molar-refractivity contribution in [3.8, 4) is 0 Å². The first-order valence-electron chi connectivity index (χ1n) is 12.9. The lowest BCUT2D eigenvalue weighted by Gasteiger charge is -2.64. The van der Waals surface area contributed by atoms with Crippen LogP contribution in [0.2, 0.25) is 0 Å². The molecule has 1 heterocycles. The maximum Gasteiger partial charge on any atom is 0.407 e. The lowest BCUT2D eigenvalue weighted by atomic mass is 9.43. The van der Waals surface area contributed by atoms with Crippen LogP contribution in [0.3, 0.4) is 0 Å². The molecule has 0 aliphatic heterocycles. The quantitative estimate of drug-likeness (QED) is 0.647. The van der Waals surface area contributed by atoms with Gasteiger partial charge in [0.2, 0.25) is 0 Å². The van der Waals surface area contributed by atoms with E-state index in [4.69, 9.17) is 4.42 Å². The third kappa shape index (κ3) is 3.23. The van der Waals surface area contributed by atoms with Crippen molar-refractivity contribution in [2.45, 2.75) is 96.1 Å². The number of hydrogen-bond donors (Lipinski definition) is 2. The Morgan fingerprint density at radius 1 is 1.09 bits per heavy atom. The summed E-state index contributed by atoms with van der Waals surface area (Å²) >= 11 is 0. The van der Waals surface area contributed by atoms with E-state index < -0.39 is 11.7 Å². The smallest absolute Gasteiger partial charge is 0.407 e. The standard InChI is InChI=1S/C27H39NO5/c1-4-28(24(30)31)19-9-12-25(2)18(15-19)6-7-22-21(25)10-13-26(3)20(11-14-27(22,26)32)17-5-8-23(29)33-16-17/h5,8,16,18-22,32H,4,6-7,9-15H2,1-3H3,(H,30,31)/t18-,19?,20-,21+,22-,25+,26-,27+/m1/s1. The number of fused-ring (bicyclic) bond motifs is 5. The average Bonchev–Trinajstić information content (AvgIpc) is 3.06. The van der Waals surface area contributed by atoms with Crippen LogP contribution in [0.15, 0.2) is 27.6 Å². The molecule has 182 valence electrons. The van der Waals surface area contributed by atoms with Crippen molar-refractivity contribution in [2.24, 2.45) is 28.6 Å². The zero-order valence-corrected chi connectivity index (χ0v) is 20.3. The predicted molar refractivity (Wildman–Crippen MR) is 125 cm³/mol. The van der Waals surface area contributed by atoms with E-state index in [-0.39, 0.29) is 34.3 Å². The van der Waals surface area contributed by atoms with Crippen molar-refractivity contribution in [1.29, 1.82) is 0 Å². The second-order valence-corrected chi connectivity index (χ2v) is 11.8. The van der Waals surface area contributed by atoms with Crippen molar-refractivity contribution in [2.75, 3.05) is 6.54 Å². The van der Waals surface area contributed by atoms with Gasteiger partial charge in [-0.1, -0.05) is 13.8 Å². The minimum absolute atomic E-state index is 0.127. The van der Waals surface area contributed by atoms with Crippen LogP contribution in [0, 0.1) is 28.6 Å². The largest absolute Gasteiger partial charge is 0.465 e. The second-order valence-electron chi connectivity index (χ2n) is 11.8. The zero-order valence-electron chi connectivity index (χ0n) is 20.3. The molecule has 6 nitrogen and oxygen atoms in total. The van der Waals surface area contributed by atoms with E-state index in [2.05, 4.69) is 13.8 Å². The summed E-state index contributed by atoms with van der Waals surface area (Å²) in [5.74, 6) is 1.52. The Balaban J connectivity index is 1.40. The Kier molecular flexibility index (Phi) is 5.47. The first kappa shape index (κ1) is 22.9. The zero-order chi connectivity index (χ0) is 23.6. The van der Waals surface area contributed by atoms with E-state index in [0.29, 0.717) is 18.4 Å². The maximum atomic E-state index is 12.3. The van der Waals surface area contributed by atoms with Crippen molar-refractivity contribution in [1.82, 2.24) is 4.90 Å².